The lowest BCUT2D eigenvalue weighted by Gasteiger charge is -2.12. The summed E-state index contributed by atoms with van der Waals surface area (Å²) in [5.74, 6) is -1.08. The minimum Gasteiger partial charge on any atom is -0.493 e. The molecule has 0 saturated carbocycles. The normalized spacial score (nSPS) is 10.1. The lowest BCUT2D eigenvalue weighted by molar-refractivity contribution is -0.149. The molecule has 28 heavy (non-hydrogen) atoms. The molecule has 0 unspecified atom stereocenters. The fourth-order valence-electron chi connectivity index (χ4n) is 2.22. The number of esters is 1. The Morgan fingerprint density at radius 3 is 2.64 bits per heavy atom. The number of anilines is 1. The molecule has 0 saturated heterocycles. The van der Waals surface area contributed by atoms with Crippen LogP contribution < -0.4 is 14.8 Å². The van der Waals surface area contributed by atoms with Gasteiger partial charge >= 0.3 is 5.97 Å². The molecule has 0 heterocycles. The summed E-state index contributed by atoms with van der Waals surface area (Å²) in [5, 5.41) is 2.31. The van der Waals surface area contributed by atoms with Crippen LogP contribution in [0.3, 0.4) is 0 Å². The number of carbonyl (C=O) groups excluding carboxylic acids is 2. The molecule has 0 aromatic heterocycles. The highest BCUT2D eigenvalue weighted by molar-refractivity contribution is 6.31. The molecule has 1 N–H and O–H groups in total. The fourth-order valence-corrected chi connectivity index (χ4v) is 2.40. The maximum Gasteiger partial charge on any atom is 0.344 e. The van der Waals surface area contributed by atoms with Crippen molar-refractivity contribution in [1.29, 1.82) is 0 Å². The number of allylic oxidation sites excluding steroid dienone is 1. The molecule has 2 aromatic rings. The van der Waals surface area contributed by atoms with Gasteiger partial charge in [0.25, 0.3) is 5.91 Å². The molecule has 0 aliphatic heterocycles. The Morgan fingerprint density at radius 2 is 1.96 bits per heavy atom. The van der Waals surface area contributed by atoms with Crippen LogP contribution in [0.25, 0.3) is 0 Å². The second kappa shape index (κ2) is 10.3. The Bertz CT molecular complexity index is 872. The zero-order chi connectivity index (χ0) is 20.5. The third-order valence-electron chi connectivity index (χ3n) is 3.52. The van der Waals surface area contributed by atoms with E-state index in [1.165, 1.54) is 19.2 Å². The number of halogens is 2. The Balaban J connectivity index is 1.81. The maximum atomic E-state index is 13.1. The Labute approximate surface area is 166 Å². The number of hydrogen-bond acceptors (Lipinski definition) is 5. The van der Waals surface area contributed by atoms with E-state index in [1.807, 2.05) is 6.07 Å². The lowest BCUT2D eigenvalue weighted by Crippen LogP contribution is -2.23. The van der Waals surface area contributed by atoms with E-state index in [-0.39, 0.29) is 10.7 Å². The van der Waals surface area contributed by atoms with Gasteiger partial charge in [-0.25, -0.2) is 9.18 Å². The van der Waals surface area contributed by atoms with Crippen LogP contribution in [-0.4, -0.2) is 32.2 Å². The van der Waals surface area contributed by atoms with Crippen LogP contribution in [0.5, 0.6) is 11.5 Å². The SMILES string of the molecule is C=CCc1ccc(OCC(=O)OCC(=O)Nc2ccc(F)c(Cl)c2)c(OC)c1. The van der Waals surface area contributed by atoms with Gasteiger partial charge in [-0.3, -0.25) is 4.79 Å². The molecule has 1 amide bonds. The maximum absolute atomic E-state index is 13.1. The number of benzene rings is 2. The van der Waals surface area contributed by atoms with Crippen LogP contribution >= 0.6 is 11.6 Å². The van der Waals surface area contributed by atoms with E-state index >= 15 is 0 Å². The second-order valence-corrected chi connectivity index (χ2v) is 6.01. The van der Waals surface area contributed by atoms with Crippen molar-refractivity contribution in [2.75, 3.05) is 25.6 Å². The minimum atomic E-state index is -0.732. The molecular weight excluding hydrogens is 389 g/mol. The van der Waals surface area contributed by atoms with Gasteiger partial charge in [-0.05, 0) is 42.3 Å². The molecule has 6 nitrogen and oxygen atoms in total. The summed E-state index contributed by atoms with van der Waals surface area (Å²) in [7, 11) is 1.49. The zero-order valence-electron chi connectivity index (χ0n) is 15.2. The van der Waals surface area contributed by atoms with Crippen LogP contribution in [0, 0.1) is 5.82 Å². The third-order valence-corrected chi connectivity index (χ3v) is 3.81. The summed E-state index contributed by atoms with van der Waals surface area (Å²) < 4.78 is 28.6. The molecule has 0 bridgehead atoms. The lowest BCUT2D eigenvalue weighted by atomic mass is 10.1. The number of nitrogens with one attached hydrogen (secondary N) is 1. The number of carbonyl (C=O) groups is 2. The van der Waals surface area contributed by atoms with Crippen molar-refractivity contribution < 1.29 is 28.2 Å². The van der Waals surface area contributed by atoms with E-state index in [2.05, 4.69) is 11.9 Å². The summed E-state index contributed by atoms with van der Waals surface area (Å²) in [5.41, 5.74) is 1.27. The summed E-state index contributed by atoms with van der Waals surface area (Å²) in [6, 6.07) is 8.99. The van der Waals surface area contributed by atoms with Gasteiger partial charge in [0, 0.05) is 5.69 Å². The molecule has 0 spiro atoms. The van der Waals surface area contributed by atoms with Crippen LogP contribution in [0.1, 0.15) is 5.56 Å². The van der Waals surface area contributed by atoms with Gasteiger partial charge in [0.15, 0.2) is 24.7 Å². The van der Waals surface area contributed by atoms with Crippen molar-refractivity contribution in [1.82, 2.24) is 0 Å². The summed E-state index contributed by atoms with van der Waals surface area (Å²) >= 11 is 5.63. The fraction of sp³-hybridized carbons (Fsp3) is 0.200. The molecule has 0 aliphatic rings. The first kappa shape index (κ1) is 21.2. The highest BCUT2D eigenvalue weighted by atomic mass is 35.5. The summed E-state index contributed by atoms with van der Waals surface area (Å²) in [6.45, 7) is 2.76. The van der Waals surface area contributed by atoms with Gasteiger partial charge < -0.3 is 19.5 Å². The van der Waals surface area contributed by atoms with Crippen molar-refractivity contribution in [3.63, 3.8) is 0 Å². The van der Waals surface area contributed by atoms with Crippen molar-refractivity contribution in [3.8, 4) is 11.5 Å². The molecule has 0 radical (unpaired) electrons. The largest absolute Gasteiger partial charge is 0.493 e. The van der Waals surface area contributed by atoms with E-state index in [4.69, 9.17) is 25.8 Å². The van der Waals surface area contributed by atoms with Gasteiger partial charge in [0.05, 0.1) is 12.1 Å². The molecule has 0 aliphatic carbocycles. The quantitative estimate of drug-likeness (QED) is 0.506. The first-order chi connectivity index (χ1) is 13.4. The van der Waals surface area contributed by atoms with Crippen molar-refractivity contribution >= 4 is 29.2 Å². The van der Waals surface area contributed by atoms with Gasteiger partial charge in [0.2, 0.25) is 0 Å². The van der Waals surface area contributed by atoms with Gasteiger partial charge in [0.1, 0.15) is 5.82 Å². The number of rotatable bonds is 9. The van der Waals surface area contributed by atoms with E-state index in [0.29, 0.717) is 17.9 Å². The van der Waals surface area contributed by atoms with Crippen molar-refractivity contribution in [3.05, 3.63) is 65.5 Å². The van der Waals surface area contributed by atoms with Crippen LogP contribution in [0.15, 0.2) is 49.1 Å². The molecule has 148 valence electrons. The van der Waals surface area contributed by atoms with Gasteiger partial charge in [-0.15, -0.1) is 6.58 Å². The van der Waals surface area contributed by atoms with Crippen molar-refractivity contribution in [2.45, 2.75) is 6.42 Å². The van der Waals surface area contributed by atoms with E-state index in [9.17, 15) is 14.0 Å². The molecule has 8 heteroatoms. The predicted molar refractivity (Wildman–Crippen MR) is 103 cm³/mol. The highest BCUT2D eigenvalue weighted by Gasteiger charge is 2.12. The van der Waals surface area contributed by atoms with Gasteiger partial charge in [-0.1, -0.05) is 23.7 Å². The number of methoxy groups -OCH3 is 1. The molecule has 0 atom stereocenters. The zero-order valence-corrected chi connectivity index (χ0v) is 15.9. The molecule has 2 aromatic carbocycles. The summed E-state index contributed by atoms with van der Waals surface area (Å²) in [6.07, 6.45) is 2.44. The first-order valence-corrected chi connectivity index (χ1v) is 8.62. The molecule has 0 fully saturated rings. The topological polar surface area (TPSA) is 73.9 Å². The Morgan fingerprint density at radius 1 is 1.18 bits per heavy atom. The van der Waals surface area contributed by atoms with Crippen LogP contribution in [0.4, 0.5) is 10.1 Å². The standard InChI is InChI=1S/C20H19ClFNO5/c1-3-4-13-5-8-17(18(9-13)26-2)27-12-20(25)28-11-19(24)23-14-6-7-16(22)15(21)10-14/h3,5-10H,1,4,11-12H2,2H3,(H,23,24). The average molecular weight is 408 g/mol. The number of ether oxygens (including phenoxy) is 3. The third kappa shape index (κ3) is 6.28. The van der Waals surface area contributed by atoms with Crippen LogP contribution in [0.2, 0.25) is 5.02 Å². The van der Waals surface area contributed by atoms with E-state index < -0.39 is 30.9 Å². The van der Waals surface area contributed by atoms with E-state index in [0.717, 1.165) is 11.6 Å². The predicted octanol–water partition coefficient (Wildman–Crippen LogP) is 3.78. The minimum absolute atomic E-state index is 0.128. The molecule has 2 rings (SSSR count). The van der Waals surface area contributed by atoms with E-state index in [1.54, 1.807) is 18.2 Å². The Hall–Kier alpha value is -3.06. The number of hydrogen-bond donors (Lipinski definition) is 1. The monoisotopic (exact) mass is 407 g/mol. The van der Waals surface area contributed by atoms with Gasteiger partial charge in [-0.2, -0.15) is 0 Å². The smallest absolute Gasteiger partial charge is 0.344 e. The average Bonchev–Trinajstić information content (AvgIpc) is 2.68. The van der Waals surface area contributed by atoms with Crippen molar-refractivity contribution in [2.24, 2.45) is 0 Å². The molecular formula is C20H19ClFNO5. The highest BCUT2D eigenvalue weighted by Crippen LogP contribution is 2.28. The second-order valence-electron chi connectivity index (χ2n) is 5.60. The Kier molecular flexibility index (Phi) is 7.83. The summed E-state index contributed by atoms with van der Waals surface area (Å²) in [4.78, 5) is 23.6. The van der Waals surface area contributed by atoms with Crippen LogP contribution in [-0.2, 0) is 20.7 Å². The number of amides is 1. The first-order valence-electron chi connectivity index (χ1n) is 8.24.